The van der Waals surface area contributed by atoms with Crippen LogP contribution < -0.4 is 0 Å². The summed E-state index contributed by atoms with van der Waals surface area (Å²) >= 11 is 0. The largest absolute Gasteiger partial charge is 0.457 e. The third-order valence-corrected chi connectivity index (χ3v) is 3.52. The van der Waals surface area contributed by atoms with Crippen LogP contribution in [0.3, 0.4) is 0 Å². The molecule has 130 valence electrons. The summed E-state index contributed by atoms with van der Waals surface area (Å²) in [5.74, 6) is -0.344. The van der Waals surface area contributed by atoms with Gasteiger partial charge in [0, 0.05) is 5.57 Å². The second-order valence-corrected chi connectivity index (χ2v) is 5.96. The van der Waals surface area contributed by atoms with E-state index >= 15 is 0 Å². The highest BCUT2D eigenvalue weighted by atomic mass is 16.5. The van der Waals surface area contributed by atoms with E-state index in [0.717, 1.165) is 5.56 Å². The Bertz CT molecular complexity index is 401. The van der Waals surface area contributed by atoms with Crippen LogP contribution in [-0.4, -0.2) is 5.97 Å². The normalized spacial score (nSPS) is 9.70. The van der Waals surface area contributed by atoms with E-state index in [4.69, 9.17) is 4.74 Å². The van der Waals surface area contributed by atoms with Gasteiger partial charge in [-0.1, -0.05) is 102 Å². The summed E-state index contributed by atoms with van der Waals surface area (Å²) in [6.07, 6.45) is 11.5. The van der Waals surface area contributed by atoms with Gasteiger partial charge >= 0.3 is 5.97 Å². The molecule has 0 aliphatic heterocycles. The zero-order valence-electron chi connectivity index (χ0n) is 15.3. The molecule has 23 heavy (non-hydrogen) atoms. The third-order valence-electron chi connectivity index (χ3n) is 3.52. The van der Waals surface area contributed by atoms with Crippen molar-refractivity contribution in [3.05, 3.63) is 48.0 Å². The summed E-state index contributed by atoms with van der Waals surface area (Å²) in [5, 5.41) is 0. The Hall–Kier alpha value is -1.57. The monoisotopic (exact) mass is 318 g/mol. The summed E-state index contributed by atoms with van der Waals surface area (Å²) in [5.41, 5.74) is 1.41. The minimum absolute atomic E-state index is 0.312. The Morgan fingerprint density at radius 3 is 1.83 bits per heavy atom. The van der Waals surface area contributed by atoms with Gasteiger partial charge < -0.3 is 4.74 Å². The summed E-state index contributed by atoms with van der Waals surface area (Å²) in [6.45, 7) is 9.98. The lowest BCUT2D eigenvalue weighted by Gasteiger charge is -2.03. The summed E-state index contributed by atoms with van der Waals surface area (Å²) in [4.78, 5) is 11.0. The smallest absolute Gasteiger partial charge is 0.333 e. The molecule has 0 aliphatic rings. The average molecular weight is 319 g/mol. The van der Waals surface area contributed by atoms with Crippen molar-refractivity contribution < 1.29 is 9.53 Å². The fourth-order valence-electron chi connectivity index (χ4n) is 2.05. The predicted molar refractivity (Wildman–Crippen MR) is 99.3 cm³/mol. The van der Waals surface area contributed by atoms with Crippen molar-refractivity contribution in [1.29, 1.82) is 0 Å². The van der Waals surface area contributed by atoms with E-state index in [1.54, 1.807) is 6.92 Å². The van der Waals surface area contributed by atoms with Crippen LogP contribution >= 0.6 is 0 Å². The van der Waals surface area contributed by atoms with E-state index in [1.807, 2.05) is 30.3 Å². The van der Waals surface area contributed by atoms with Crippen molar-refractivity contribution in [1.82, 2.24) is 0 Å². The van der Waals surface area contributed by atoms with Crippen LogP contribution in [0.5, 0.6) is 0 Å². The molecule has 0 aliphatic carbocycles. The number of benzene rings is 1. The van der Waals surface area contributed by atoms with Gasteiger partial charge in [-0.05, 0) is 12.5 Å². The molecule has 1 aromatic carbocycles. The van der Waals surface area contributed by atoms with Crippen LogP contribution in [-0.2, 0) is 16.1 Å². The molecule has 2 nitrogen and oxygen atoms in total. The van der Waals surface area contributed by atoms with Crippen LogP contribution in [0.4, 0.5) is 0 Å². The molecule has 2 heteroatoms. The highest BCUT2D eigenvalue weighted by Gasteiger charge is 2.02. The maximum absolute atomic E-state index is 11.0. The van der Waals surface area contributed by atoms with Gasteiger partial charge in [-0.15, -0.1) is 0 Å². The maximum Gasteiger partial charge on any atom is 0.333 e. The molecule has 0 saturated carbocycles. The van der Waals surface area contributed by atoms with E-state index in [0.29, 0.717) is 12.2 Å². The second kappa shape index (κ2) is 15.3. The van der Waals surface area contributed by atoms with Gasteiger partial charge in [-0.25, -0.2) is 4.79 Å². The molecule has 0 N–H and O–H groups in total. The third kappa shape index (κ3) is 13.8. The first kappa shape index (κ1) is 21.4. The molecule has 0 saturated heterocycles. The Labute approximate surface area is 142 Å². The van der Waals surface area contributed by atoms with Gasteiger partial charge in [0.2, 0.25) is 0 Å². The maximum atomic E-state index is 11.0. The zero-order valence-corrected chi connectivity index (χ0v) is 15.3. The van der Waals surface area contributed by atoms with E-state index in [-0.39, 0.29) is 5.97 Å². The molecule has 0 bridgehead atoms. The number of ether oxygens (including phenoxy) is 1. The molecule has 1 rings (SSSR count). The van der Waals surface area contributed by atoms with Gasteiger partial charge in [-0.2, -0.15) is 0 Å². The van der Waals surface area contributed by atoms with Gasteiger partial charge in [0.15, 0.2) is 0 Å². The SMILES string of the molecule is C=C(C)C(=O)OCc1ccccc1.CCCCCCCCCC. The first-order valence-corrected chi connectivity index (χ1v) is 8.98. The molecule has 0 atom stereocenters. The lowest BCUT2D eigenvalue weighted by Crippen LogP contribution is -2.04. The topological polar surface area (TPSA) is 26.3 Å². The molecule has 0 fully saturated rings. The number of esters is 1. The fraction of sp³-hybridized carbons (Fsp3) is 0.571. The van der Waals surface area contributed by atoms with Crippen LogP contribution in [0, 0.1) is 0 Å². The molecule has 0 radical (unpaired) electrons. The van der Waals surface area contributed by atoms with Gasteiger partial charge in [0.25, 0.3) is 0 Å². The van der Waals surface area contributed by atoms with Crippen LogP contribution in [0.1, 0.15) is 77.7 Å². The molecule has 1 aromatic rings. The summed E-state index contributed by atoms with van der Waals surface area (Å²) < 4.78 is 4.95. The van der Waals surface area contributed by atoms with Gasteiger partial charge in [0.05, 0.1) is 0 Å². The number of rotatable bonds is 10. The number of unbranched alkanes of at least 4 members (excludes halogenated alkanes) is 7. The van der Waals surface area contributed by atoms with E-state index in [2.05, 4.69) is 20.4 Å². The Balaban J connectivity index is 0.000000438. The predicted octanol–water partition coefficient (Wildman–Crippen LogP) is 6.45. The summed E-state index contributed by atoms with van der Waals surface area (Å²) in [7, 11) is 0. The minimum Gasteiger partial charge on any atom is -0.457 e. The van der Waals surface area contributed by atoms with E-state index < -0.39 is 0 Å². The molecular formula is C21H34O2. The molecule has 0 aromatic heterocycles. The minimum atomic E-state index is -0.344. The number of carbonyl (C=O) groups is 1. The molecule has 0 heterocycles. The van der Waals surface area contributed by atoms with Crippen molar-refractivity contribution in [2.45, 2.75) is 78.7 Å². The van der Waals surface area contributed by atoms with E-state index in [1.165, 1.54) is 51.4 Å². The number of hydrogen-bond donors (Lipinski definition) is 0. The molecule has 0 unspecified atom stereocenters. The molecule has 0 amide bonds. The van der Waals surface area contributed by atoms with E-state index in [9.17, 15) is 4.79 Å². The first-order chi connectivity index (χ1) is 11.1. The quantitative estimate of drug-likeness (QED) is 0.281. The van der Waals surface area contributed by atoms with Crippen LogP contribution in [0.2, 0.25) is 0 Å². The van der Waals surface area contributed by atoms with Gasteiger partial charge in [-0.3, -0.25) is 0 Å². The van der Waals surface area contributed by atoms with Crippen LogP contribution in [0.15, 0.2) is 42.5 Å². The lowest BCUT2D eigenvalue weighted by atomic mass is 10.1. The molecule has 0 spiro atoms. The fourth-order valence-corrected chi connectivity index (χ4v) is 2.05. The van der Waals surface area contributed by atoms with Crippen molar-refractivity contribution in [2.24, 2.45) is 0 Å². The highest BCUT2D eigenvalue weighted by Crippen LogP contribution is 2.07. The van der Waals surface area contributed by atoms with Gasteiger partial charge in [0.1, 0.15) is 6.61 Å². The second-order valence-electron chi connectivity index (χ2n) is 5.96. The zero-order chi connectivity index (χ0) is 17.3. The average Bonchev–Trinajstić information content (AvgIpc) is 2.57. The Morgan fingerprint density at radius 1 is 0.913 bits per heavy atom. The number of hydrogen-bond acceptors (Lipinski definition) is 2. The number of carbonyl (C=O) groups excluding carboxylic acids is 1. The summed E-state index contributed by atoms with van der Waals surface area (Å²) in [6, 6.07) is 9.55. The Morgan fingerprint density at radius 2 is 1.39 bits per heavy atom. The van der Waals surface area contributed by atoms with Crippen molar-refractivity contribution in [2.75, 3.05) is 0 Å². The standard InChI is InChI=1S/C11H12O2.C10H22/c1-9(2)11(12)13-8-10-6-4-3-5-7-10;1-3-5-7-9-10-8-6-4-2/h3-7H,1,8H2,2H3;3-10H2,1-2H3. The van der Waals surface area contributed by atoms with Crippen molar-refractivity contribution >= 4 is 5.97 Å². The lowest BCUT2D eigenvalue weighted by molar-refractivity contribution is -0.140. The van der Waals surface area contributed by atoms with Crippen LogP contribution in [0.25, 0.3) is 0 Å². The first-order valence-electron chi connectivity index (χ1n) is 8.98. The van der Waals surface area contributed by atoms with Crippen molar-refractivity contribution in [3.8, 4) is 0 Å². The highest BCUT2D eigenvalue weighted by molar-refractivity contribution is 5.86. The Kier molecular flexibility index (Phi) is 14.3. The molecular weight excluding hydrogens is 284 g/mol. The van der Waals surface area contributed by atoms with Crippen molar-refractivity contribution in [3.63, 3.8) is 0 Å².